The van der Waals surface area contributed by atoms with Gasteiger partial charge in [0.2, 0.25) is 0 Å². The van der Waals surface area contributed by atoms with E-state index in [4.69, 9.17) is 0 Å². The highest BCUT2D eigenvalue weighted by Crippen LogP contribution is 2.30. The van der Waals surface area contributed by atoms with Crippen molar-refractivity contribution in [3.05, 3.63) is 47.3 Å². The van der Waals surface area contributed by atoms with Gasteiger partial charge < -0.3 is 5.32 Å². The average molecular weight is 311 g/mol. The molecule has 1 N–H and O–H groups in total. The molecule has 0 unspecified atom stereocenters. The van der Waals surface area contributed by atoms with E-state index in [1.807, 2.05) is 13.8 Å². The first-order valence-corrected chi connectivity index (χ1v) is 6.73. The minimum Gasteiger partial charge on any atom is -0.350 e. The number of benzene rings is 1. The molecule has 118 valence electrons. The number of nitrogens with zero attached hydrogens (tertiary/aromatic N) is 2. The lowest BCUT2D eigenvalue weighted by atomic mass is 10.2. The normalized spacial score (nSPS) is 11.8. The van der Waals surface area contributed by atoms with Crippen LogP contribution in [0.15, 0.2) is 30.5 Å². The quantitative estimate of drug-likeness (QED) is 0.945. The minimum atomic E-state index is -4.42. The van der Waals surface area contributed by atoms with Crippen LogP contribution in [0.1, 0.15) is 35.5 Å². The predicted octanol–water partition coefficient (Wildman–Crippen LogP) is 3.34. The maximum atomic E-state index is 12.8. The van der Waals surface area contributed by atoms with Crippen molar-refractivity contribution < 1.29 is 18.0 Å². The smallest absolute Gasteiger partial charge is 0.350 e. The summed E-state index contributed by atoms with van der Waals surface area (Å²) < 4.78 is 39.6. The molecule has 0 aliphatic rings. The molecule has 7 heteroatoms. The molecule has 2 aromatic rings. The van der Waals surface area contributed by atoms with E-state index >= 15 is 0 Å². The SMILES string of the molecule is Cc1c(C(=O)NC(C)C)cnn1-c1cccc(C(F)(F)F)c1. The Hall–Kier alpha value is -2.31. The van der Waals surface area contributed by atoms with E-state index < -0.39 is 11.7 Å². The summed E-state index contributed by atoms with van der Waals surface area (Å²) in [6.45, 7) is 5.29. The Morgan fingerprint density at radius 1 is 1.32 bits per heavy atom. The molecule has 0 spiro atoms. The van der Waals surface area contributed by atoms with Crippen LogP contribution in [0.4, 0.5) is 13.2 Å². The van der Waals surface area contributed by atoms with Gasteiger partial charge in [-0.15, -0.1) is 0 Å². The van der Waals surface area contributed by atoms with Crippen molar-refractivity contribution in [3.63, 3.8) is 0 Å². The van der Waals surface area contributed by atoms with Gasteiger partial charge in [0.25, 0.3) is 5.91 Å². The zero-order chi connectivity index (χ0) is 16.5. The second-order valence-electron chi connectivity index (χ2n) is 5.23. The molecule has 1 heterocycles. The largest absolute Gasteiger partial charge is 0.416 e. The molecule has 4 nitrogen and oxygen atoms in total. The van der Waals surface area contributed by atoms with Crippen LogP contribution in [-0.2, 0) is 6.18 Å². The van der Waals surface area contributed by atoms with E-state index in [1.54, 1.807) is 6.92 Å². The van der Waals surface area contributed by atoms with Gasteiger partial charge in [-0.05, 0) is 39.0 Å². The average Bonchev–Trinajstić information content (AvgIpc) is 2.79. The van der Waals surface area contributed by atoms with Crippen LogP contribution in [-0.4, -0.2) is 21.7 Å². The molecule has 0 aliphatic heterocycles. The highest BCUT2D eigenvalue weighted by molar-refractivity contribution is 5.95. The first kappa shape index (κ1) is 16.1. The predicted molar refractivity (Wildman–Crippen MR) is 75.9 cm³/mol. The van der Waals surface area contributed by atoms with E-state index in [0.29, 0.717) is 11.3 Å². The Balaban J connectivity index is 2.39. The molecule has 22 heavy (non-hydrogen) atoms. The van der Waals surface area contributed by atoms with Gasteiger partial charge in [-0.2, -0.15) is 18.3 Å². The van der Waals surface area contributed by atoms with Crippen LogP contribution in [0.2, 0.25) is 0 Å². The molecule has 0 aliphatic carbocycles. The first-order valence-electron chi connectivity index (χ1n) is 6.73. The summed E-state index contributed by atoms with van der Waals surface area (Å²) in [6.07, 6.45) is -3.07. The summed E-state index contributed by atoms with van der Waals surface area (Å²) in [7, 11) is 0. The maximum absolute atomic E-state index is 12.8. The van der Waals surface area contributed by atoms with Crippen molar-refractivity contribution in [2.45, 2.75) is 33.0 Å². The lowest BCUT2D eigenvalue weighted by Gasteiger charge is -2.11. The summed E-state index contributed by atoms with van der Waals surface area (Å²) in [5.41, 5.74) is 0.326. The van der Waals surface area contributed by atoms with Crippen LogP contribution in [0.25, 0.3) is 5.69 Å². The number of carbonyl (C=O) groups excluding carboxylic acids is 1. The molecule has 0 bridgehead atoms. The van der Waals surface area contributed by atoms with Gasteiger partial charge in [-0.3, -0.25) is 4.79 Å². The number of halogens is 3. The lowest BCUT2D eigenvalue weighted by molar-refractivity contribution is -0.137. The molecule has 0 atom stereocenters. The van der Waals surface area contributed by atoms with Gasteiger partial charge in [-0.1, -0.05) is 6.07 Å². The van der Waals surface area contributed by atoms with Crippen molar-refractivity contribution in [2.24, 2.45) is 0 Å². The fourth-order valence-electron chi connectivity index (χ4n) is 2.05. The number of amides is 1. The number of hydrogen-bond acceptors (Lipinski definition) is 2. The van der Waals surface area contributed by atoms with E-state index in [-0.39, 0.29) is 17.6 Å². The Morgan fingerprint density at radius 2 is 2.00 bits per heavy atom. The topological polar surface area (TPSA) is 46.9 Å². The van der Waals surface area contributed by atoms with E-state index in [1.165, 1.54) is 23.0 Å². The van der Waals surface area contributed by atoms with Crippen LogP contribution in [0.5, 0.6) is 0 Å². The number of nitrogens with one attached hydrogen (secondary N) is 1. The van der Waals surface area contributed by atoms with Crippen molar-refractivity contribution >= 4 is 5.91 Å². The monoisotopic (exact) mass is 311 g/mol. The number of alkyl halides is 3. The summed E-state index contributed by atoms with van der Waals surface area (Å²) in [6, 6.07) is 4.79. The van der Waals surface area contributed by atoms with Gasteiger partial charge in [-0.25, -0.2) is 4.68 Å². The molecule has 1 aromatic carbocycles. The van der Waals surface area contributed by atoms with Crippen LogP contribution >= 0.6 is 0 Å². The Kier molecular flexibility index (Phi) is 4.25. The highest BCUT2D eigenvalue weighted by Gasteiger charge is 2.30. The lowest BCUT2D eigenvalue weighted by Crippen LogP contribution is -2.30. The summed E-state index contributed by atoms with van der Waals surface area (Å²) in [5.74, 6) is -0.300. The zero-order valence-electron chi connectivity index (χ0n) is 12.4. The third-order valence-electron chi connectivity index (χ3n) is 3.09. The third kappa shape index (κ3) is 3.29. The highest BCUT2D eigenvalue weighted by atomic mass is 19.4. The van der Waals surface area contributed by atoms with Crippen LogP contribution in [0.3, 0.4) is 0 Å². The van der Waals surface area contributed by atoms with Gasteiger partial charge in [0, 0.05) is 6.04 Å². The summed E-state index contributed by atoms with van der Waals surface area (Å²) >= 11 is 0. The fraction of sp³-hybridized carbons (Fsp3) is 0.333. The number of aromatic nitrogens is 2. The van der Waals surface area contributed by atoms with Gasteiger partial charge in [0.1, 0.15) is 0 Å². The number of carbonyl (C=O) groups is 1. The van der Waals surface area contributed by atoms with E-state index in [9.17, 15) is 18.0 Å². The Labute approximate surface area is 125 Å². The van der Waals surface area contributed by atoms with Crippen molar-refractivity contribution in [1.29, 1.82) is 0 Å². The standard InChI is InChI=1S/C15H16F3N3O/c1-9(2)20-14(22)13-8-19-21(10(13)3)12-6-4-5-11(7-12)15(16,17)18/h4-9H,1-3H3,(H,20,22). The van der Waals surface area contributed by atoms with Crippen molar-refractivity contribution in [1.82, 2.24) is 15.1 Å². The van der Waals surface area contributed by atoms with Gasteiger partial charge >= 0.3 is 6.18 Å². The molecular weight excluding hydrogens is 295 g/mol. The zero-order valence-corrected chi connectivity index (χ0v) is 12.4. The van der Waals surface area contributed by atoms with E-state index in [0.717, 1.165) is 12.1 Å². The third-order valence-corrected chi connectivity index (χ3v) is 3.09. The van der Waals surface area contributed by atoms with Gasteiger partial charge in [0.15, 0.2) is 0 Å². The van der Waals surface area contributed by atoms with Crippen LogP contribution in [0, 0.1) is 6.92 Å². The molecular formula is C15H16F3N3O. The molecule has 1 amide bonds. The number of hydrogen-bond donors (Lipinski definition) is 1. The Morgan fingerprint density at radius 3 is 2.59 bits per heavy atom. The maximum Gasteiger partial charge on any atom is 0.416 e. The Bertz CT molecular complexity index is 690. The summed E-state index contributed by atoms with van der Waals surface area (Å²) in [4.78, 5) is 12.0. The van der Waals surface area contributed by atoms with Gasteiger partial charge in [0.05, 0.1) is 28.7 Å². The first-order chi connectivity index (χ1) is 10.2. The number of rotatable bonds is 3. The van der Waals surface area contributed by atoms with Crippen LogP contribution < -0.4 is 5.32 Å². The fourth-order valence-corrected chi connectivity index (χ4v) is 2.05. The second-order valence-corrected chi connectivity index (χ2v) is 5.23. The molecule has 0 radical (unpaired) electrons. The molecule has 0 saturated heterocycles. The van der Waals surface area contributed by atoms with E-state index in [2.05, 4.69) is 10.4 Å². The molecule has 0 fully saturated rings. The molecule has 1 aromatic heterocycles. The second kappa shape index (κ2) is 5.82. The molecule has 2 rings (SSSR count). The summed E-state index contributed by atoms with van der Waals surface area (Å²) in [5, 5.41) is 6.75. The van der Waals surface area contributed by atoms with Crippen molar-refractivity contribution in [2.75, 3.05) is 0 Å². The molecule has 0 saturated carbocycles. The van der Waals surface area contributed by atoms with Crippen molar-refractivity contribution in [3.8, 4) is 5.69 Å². The minimum absolute atomic E-state index is 0.0381.